The van der Waals surface area contributed by atoms with Gasteiger partial charge in [-0.3, -0.25) is 0 Å². The highest BCUT2D eigenvalue weighted by Crippen LogP contribution is 2.23. The summed E-state index contributed by atoms with van der Waals surface area (Å²) in [7, 11) is 2.17. The minimum absolute atomic E-state index is 0.382. The molecule has 1 saturated heterocycles. The number of aromatic amines is 1. The first-order valence-corrected chi connectivity index (χ1v) is 8.28. The van der Waals surface area contributed by atoms with E-state index >= 15 is 0 Å². The lowest BCUT2D eigenvalue weighted by Crippen LogP contribution is -2.11. The maximum Gasteiger partial charge on any atom is 0.168 e. The molecular formula is C19H24N4O. The van der Waals surface area contributed by atoms with E-state index in [1.807, 2.05) is 24.4 Å². The van der Waals surface area contributed by atoms with Crippen LogP contribution in [0, 0.1) is 6.92 Å². The summed E-state index contributed by atoms with van der Waals surface area (Å²) < 4.78 is 5.20. The molecule has 2 aromatic heterocycles. The number of hydrogen-bond acceptors (Lipinski definition) is 3. The first kappa shape index (κ1) is 16.3. The van der Waals surface area contributed by atoms with Gasteiger partial charge in [0.1, 0.15) is 0 Å². The molecule has 5 nitrogen and oxygen atoms in total. The fraction of sp³-hybridized carbons (Fsp3) is 0.316. The number of aromatic nitrogens is 1. The van der Waals surface area contributed by atoms with Gasteiger partial charge in [-0.2, -0.15) is 0 Å². The van der Waals surface area contributed by atoms with Crippen molar-refractivity contribution in [3.8, 4) is 0 Å². The van der Waals surface area contributed by atoms with Crippen LogP contribution in [-0.4, -0.2) is 35.9 Å². The van der Waals surface area contributed by atoms with Crippen LogP contribution in [0.4, 0.5) is 5.69 Å². The Labute approximate surface area is 142 Å². The normalized spacial score (nSPS) is 15.5. The second-order valence-corrected chi connectivity index (χ2v) is 6.19. The van der Waals surface area contributed by atoms with Crippen molar-refractivity contribution in [1.29, 1.82) is 0 Å². The SMILES string of the molecule is CN1CCCC1.Cc1c[nH]c2ccc(N=C(N)c3ccco3)cc12. The molecule has 1 aliphatic rings. The van der Waals surface area contributed by atoms with Gasteiger partial charge in [0.2, 0.25) is 0 Å². The summed E-state index contributed by atoms with van der Waals surface area (Å²) in [6, 6.07) is 9.51. The third kappa shape index (κ3) is 3.86. The van der Waals surface area contributed by atoms with Crippen molar-refractivity contribution in [1.82, 2.24) is 9.88 Å². The van der Waals surface area contributed by atoms with Crippen LogP contribution in [0.5, 0.6) is 0 Å². The van der Waals surface area contributed by atoms with Crippen molar-refractivity contribution in [3.05, 3.63) is 54.1 Å². The molecule has 1 fully saturated rings. The summed E-state index contributed by atoms with van der Waals surface area (Å²) in [6.45, 7) is 4.70. The van der Waals surface area contributed by atoms with Crippen LogP contribution < -0.4 is 5.73 Å². The molecule has 0 atom stereocenters. The highest BCUT2D eigenvalue weighted by molar-refractivity contribution is 5.97. The summed E-state index contributed by atoms with van der Waals surface area (Å²) in [5.74, 6) is 0.966. The van der Waals surface area contributed by atoms with Crippen LogP contribution in [0.25, 0.3) is 10.9 Å². The van der Waals surface area contributed by atoms with Gasteiger partial charge in [0.05, 0.1) is 12.0 Å². The first-order valence-electron chi connectivity index (χ1n) is 8.28. The van der Waals surface area contributed by atoms with Gasteiger partial charge in [0.15, 0.2) is 11.6 Å². The van der Waals surface area contributed by atoms with Gasteiger partial charge in [-0.05, 0) is 75.8 Å². The van der Waals surface area contributed by atoms with Crippen molar-refractivity contribution < 1.29 is 4.42 Å². The highest BCUT2D eigenvalue weighted by Gasteiger charge is 2.04. The number of likely N-dealkylation sites (tertiary alicyclic amines) is 1. The molecule has 3 aromatic rings. The molecular weight excluding hydrogens is 300 g/mol. The smallest absolute Gasteiger partial charge is 0.168 e. The quantitative estimate of drug-likeness (QED) is 0.556. The number of amidine groups is 1. The van der Waals surface area contributed by atoms with Crippen LogP contribution in [0.2, 0.25) is 0 Å². The van der Waals surface area contributed by atoms with E-state index in [0.29, 0.717) is 11.6 Å². The molecule has 0 unspecified atom stereocenters. The van der Waals surface area contributed by atoms with E-state index < -0.39 is 0 Å². The van der Waals surface area contributed by atoms with Crippen LogP contribution in [-0.2, 0) is 0 Å². The van der Waals surface area contributed by atoms with Crippen molar-refractivity contribution in [3.63, 3.8) is 0 Å². The molecule has 1 aromatic carbocycles. The lowest BCUT2D eigenvalue weighted by atomic mass is 10.2. The summed E-state index contributed by atoms with van der Waals surface area (Å²) >= 11 is 0. The third-order valence-corrected chi connectivity index (χ3v) is 4.23. The van der Waals surface area contributed by atoms with Gasteiger partial charge in [0, 0.05) is 17.1 Å². The maximum absolute atomic E-state index is 5.88. The fourth-order valence-corrected chi connectivity index (χ4v) is 2.81. The molecule has 0 spiro atoms. The predicted molar refractivity (Wildman–Crippen MR) is 98.9 cm³/mol. The van der Waals surface area contributed by atoms with E-state index in [0.717, 1.165) is 16.6 Å². The van der Waals surface area contributed by atoms with Gasteiger partial charge in [-0.15, -0.1) is 0 Å². The highest BCUT2D eigenvalue weighted by atomic mass is 16.3. The minimum atomic E-state index is 0.382. The third-order valence-electron chi connectivity index (χ3n) is 4.23. The topological polar surface area (TPSA) is 70.5 Å². The Morgan fingerprint density at radius 3 is 2.67 bits per heavy atom. The van der Waals surface area contributed by atoms with Gasteiger partial charge in [-0.1, -0.05) is 0 Å². The summed E-state index contributed by atoms with van der Waals surface area (Å²) in [4.78, 5) is 9.92. The standard InChI is InChI=1S/C14H13N3O.C5H11N/c1-9-8-16-12-5-4-10(7-11(9)12)17-14(15)13-3-2-6-18-13;1-6-4-2-3-5-6/h2-8,16H,1H3,(H2,15,17);2-5H2,1H3. The molecule has 0 aliphatic carbocycles. The Bertz CT molecular complexity index is 811. The molecule has 0 radical (unpaired) electrons. The molecule has 0 amide bonds. The van der Waals surface area contributed by atoms with Crippen LogP contribution in [0.15, 0.2) is 52.2 Å². The molecule has 24 heavy (non-hydrogen) atoms. The van der Waals surface area contributed by atoms with Crippen LogP contribution in [0.3, 0.4) is 0 Å². The monoisotopic (exact) mass is 324 g/mol. The summed E-state index contributed by atoms with van der Waals surface area (Å²) in [6.07, 6.45) is 6.39. The van der Waals surface area contributed by atoms with Crippen molar-refractivity contribution in [2.45, 2.75) is 19.8 Å². The average molecular weight is 324 g/mol. The number of rotatable bonds is 2. The zero-order chi connectivity index (χ0) is 16.9. The maximum atomic E-state index is 5.88. The fourth-order valence-electron chi connectivity index (χ4n) is 2.81. The Morgan fingerprint density at radius 1 is 1.25 bits per heavy atom. The lowest BCUT2D eigenvalue weighted by Gasteiger charge is -2.01. The molecule has 1 aliphatic heterocycles. The number of furan rings is 1. The number of hydrogen-bond donors (Lipinski definition) is 2. The van der Waals surface area contributed by atoms with E-state index in [4.69, 9.17) is 10.2 Å². The Morgan fingerprint density at radius 2 is 2.04 bits per heavy atom. The van der Waals surface area contributed by atoms with Crippen LogP contribution in [0.1, 0.15) is 24.2 Å². The van der Waals surface area contributed by atoms with E-state index in [1.54, 1.807) is 18.4 Å². The average Bonchev–Trinajstić information content (AvgIpc) is 3.31. The zero-order valence-electron chi connectivity index (χ0n) is 14.2. The van der Waals surface area contributed by atoms with Gasteiger partial charge in [0.25, 0.3) is 0 Å². The van der Waals surface area contributed by atoms with E-state index in [9.17, 15) is 0 Å². The number of nitrogens with zero attached hydrogens (tertiary/aromatic N) is 2. The number of nitrogens with one attached hydrogen (secondary N) is 1. The zero-order valence-corrected chi connectivity index (χ0v) is 14.2. The number of H-pyrrole nitrogens is 1. The molecule has 0 saturated carbocycles. The number of benzene rings is 1. The van der Waals surface area contributed by atoms with Gasteiger partial charge < -0.3 is 20.0 Å². The largest absolute Gasteiger partial charge is 0.461 e. The number of fused-ring (bicyclic) bond motifs is 1. The van der Waals surface area contributed by atoms with Crippen LogP contribution >= 0.6 is 0 Å². The Balaban J connectivity index is 0.000000238. The van der Waals surface area contributed by atoms with E-state index in [2.05, 4.69) is 28.8 Å². The van der Waals surface area contributed by atoms with E-state index in [-0.39, 0.29) is 0 Å². The number of aryl methyl sites for hydroxylation is 1. The van der Waals surface area contributed by atoms with Gasteiger partial charge >= 0.3 is 0 Å². The van der Waals surface area contributed by atoms with Gasteiger partial charge in [-0.25, -0.2) is 4.99 Å². The first-order chi connectivity index (χ1) is 11.6. The van der Waals surface area contributed by atoms with Crippen molar-refractivity contribution in [2.75, 3.05) is 20.1 Å². The number of aliphatic imine (C=N–C) groups is 1. The summed E-state index contributed by atoms with van der Waals surface area (Å²) in [5, 5.41) is 1.16. The lowest BCUT2D eigenvalue weighted by molar-refractivity contribution is 0.418. The second-order valence-electron chi connectivity index (χ2n) is 6.19. The predicted octanol–water partition coefficient (Wildman–Crippen LogP) is 3.82. The molecule has 5 heteroatoms. The minimum Gasteiger partial charge on any atom is -0.461 e. The Kier molecular flexibility index (Phi) is 5.01. The molecule has 0 bridgehead atoms. The summed E-state index contributed by atoms with van der Waals surface area (Å²) in [5.41, 5.74) is 8.99. The molecule has 3 heterocycles. The molecule has 126 valence electrons. The molecule has 4 rings (SSSR count). The van der Waals surface area contributed by atoms with Crippen molar-refractivity contribution >= 4 is 22.4 Å². The number of nitrogens with two attached hydrogens (primary N) is 1. The van der Waals surface area contributed by atoms with E-state index in [1.165, 1.54) is 31.5 Å². The molecule has 3 N–H and O–H groups in total. The Hall–Kier alpha value is -2.53. The second kappa shape index (κ2) is 7.36. The van der Waals surface area contributed by atoms with Crippen molar-refractivity contribution in [2.24, 2.45) is 10.7 Å².